The Hall–Kier alpha value is -4.31. The topological polar surface area (TPSA) is 107 Å². The number of fused-ring (bicyclic) bond motifs is 2. The van der Waals surface area contributed by atoms with Crippen molar-refractivity contribution in [1.29, 1.82) is 0 Å². The maximum Gasteiger partial charge on any atom is 0.272 e. The normalized spacial score (nSPS) is 11.5. The van der Waals surface area contributed by atoms with E-state index in [9.17, 15) is 10.1 Å². The van der Waals surface area contributed by atoms with Crippen LogP contribution in [0.5, 0.6) is 0 Å². The number of anilines is 2. The second-order valence-corrected chi connectivity index (χ2v) is 8.42. The van der Waals surface area contributed by atoms with Crippen LogP contribution in [0, 0.1) is 10.1 Å². The van der Waals surface area contributed by atoms with Gasteiger partial charge < -0.3 is 14.8 Å². The number of rotatable bonds is 7. The molecule has 10 heteroatoms. The maximum atomic E-state index is 11.5. The van der Waals surface area contributed by atoms with E-state index >= 15 is 0 Å². The molecule has 0 aliphatic carbocycles. The summed E-state index contributed by atoms with van der Waals surface area (Å²) in [6.07, 6.45) is 5.37. The first-order valence-corrected chi connectivity index (χ1v) is 10.8. The van der Waals surface area contributed by atoms with Crippen molar-refractivity contribution in [2.24, 2.45) is 7.05 Å². The molecule has 0 spiro atoms. The van der Waals surface area contributed by atoms with Crippen molar-refractivity contribution in [3.05, 3.63) is 71.2 Å². The number of nitro groups is 1. The van der Waals surface area contributed by atoms with Crippen LogP contribution in [-0.4, -0.2) is 54.8 Å². The summed E-state index contributed by atoms with van der Waals surface area (Å²) in [6.45, 7) is 1.42. The van der Waals surface area contributed by atoms with Gasteiger partial charge in [0.15, 0.2) is 0 Å². The fourth-order valence-corrected chi connectivity index (χ4v) is 4.12. The highest BCUT2D eigenvalue weighted by molar-refractivity contribution is 5.96. The molecule has 172 valence electrons. The Labute approximate surface area is 195 Å². The first kappa shape index (κ1) is 21.5. The van der Waals surface area contributed by atoms with Crippen LogP contribution in [-0.2, 0) is 13.6 Å². The number of para-hydroxylation sites is 1. The molecule has 0 radical (unpaired) electrons. The number of hydrogen-bond acceptors (Lipinski definition) is 7. The summed E-state index contributed by atoms with van der Waals surface area (Å²) in [5, 5.41) is 21.0. The number of aromatic nitrogens is 5. The average molecular weight is 457 g/mol. The van der Waals surface area contributed by atoms with Crippen molar-refractivity contribution in [2.75, 3.05) is 26.0 Å². The molecule has 0 saturated carbocycles. The molecule has 0 saturated heterocycles. The van der Waals surface area contributed by atoms with Crippen LogP contribution < -0.4 is 5.32 Å². The van der Waals surface area contributed by atoms with Gasteiger partial charge in [-0.25, -0.2) is 9.97 Å². The zero-order valence-corrected chi connectivity index (χ0v) is 19.1. The van der Waals surface area contributed by atoms with Crippen LogP contribution in [0.2, 0.25) is 0 Å². The maximum absolute atomic E-state index is 11.5. The third kappa shape index (κ3) is 3.95. The van der Waals surface area contributed by atoms with Crippen LogP contribution in [0.15, 0.2) is 61.1 Å². The first-order valence-electron chi connectivity index (χ1n) is 10.8. The van der Waals surface area contributed by atoms with E-state index in [1.54, 1.807) is 12.4 Å². The van der Waals surface area contributed by atoms with Crippen LogP contribution in [0.25, 0.3) is 33.1 Å². The number of non-ortho nitro benzene ring substituents is 1. The number of nitrogens with zero attached hydrogens (tertiary/aromatic N) is 7. The van der Waals surface area contributed by atoms with Crippen LogP contribution in [0.3, 0.4) is 0 Å². The third-order valence-electron chi connectivity index (χ3n) is 5.76. The lowest BCUT2D eigenvalue weighted by Crippen LogP contribution is -2.19. The molecule has 0 amide bonds. The molecule has 1 N–H and O–H groups in total. The largest absolute Gasteiger partial charge is 0.350 e. The van der Waals surface area contributed by atoms with E-state index in [-0.39, 0.29) is 5.69 Å². The summed E-state index contributed by atoms with van der Waals surface area (Å²) in [4.78, 5) is 22.3. The van der Waals surface area contributed by atoms with E-state index in [1.165, 1.54) is 12.1 Å². The van der Waals surface area contributed by atoms with Gasteiger partial charge in [0, 0.05) is 60.0 Å². The molecule has 0 bridgehead atoms. The van der Waals surface area contributed by atoms with Crippen LogP contribution in [0.1, 0.15) is 0 Å². The fourth-order valence-electron chi connectivity index (χ4n) is 4.12. The van der Waals surface area contributed by atoms with Crippen LogP contribution >= 0.6 is 0 Å². The van der Waals surface area contributed by atoms with Gasteiger partial charge in [-0.3, -0.25) is 14.8 Å². The molecule has 34 heavy (non-hydrogen) atoms. The molecule has 10 nitrogen and oxygen atoms in total. The summed E-state index contributed by atoms with van der Waals surface area (Å²) in [5.74, 6) is 0.354. The number of likely N-dealkylation sites (N-methyl/N-ethyl adjacent to an activating group) is 1. The average Bonchev–Trinajstić information content (AvgIpc) is 3.39. The molecule has 0 aliphatic rings. The van der Waals surface area contributed by atoms with Gasteiger partial charge in [0.1, 0.15) is 0 Å². The lowest BCUT2D eigenvalue weighted by Gasteiger charge is -2.13. The zero-order valence-electron chi connectivity index (χ0n) is 19.1. The summed E-state index contributed by atoms with van der Waals surface area (Å²) in [7, 11) is 5.98. The Morgan fingerprint density at radius 2 is 2.00 bits per heavy atom. The minimum atomic E-state index is -0.408. The Bertz CT molecular complexity index is 1520. The van der Waals surface area contributed by atoms with Crippen molar-refractivity contribution >= 4 is 39.1 Å². The van der Waals surface area contributed by atoms with Gasteiger partial charge >= 0.3 is 0 Å². The van der Waals surface area contributed by atoms with E-state index < -0.39 is 4.92 Å². The van der Waals surface area contributed by atoms with Gasteiger partial charge in [0.05, 0.1) is 34.6 Å². The molecular formula is C24H24N8O2. The van der Waals surface area contributed by atoms with Gasteiger partial charge in [-0.05, 0) is 26.2 Å². The monoisotopic (exact) mass is 456 g/mol. The molecule has 0 atom stereocenters. The predicted octanol–water partition coefficient (Wildman–Crippen LogP) is 4.20. The lowest BCUT2D eigenvalue weighted by molar-refractivity contribution is -0.384. The Morgan fingerprint density at radius 1 is 1.18 bits per heavy atom. The van der Waals surface area contributed by atoms with Gasteiger partial charge in [-0.2, -0.15) is 5.10 Å². The lowest BCUT2D eigenvalue weighted by atomic mass is 10.1. The molecule has 0 aliphatic heterocycles. The smallest absolute Gasteiger partial charge is 0.272 e. The molecule has 3 heterocycles. The quantitative estimate of drug-likeness (QED) is 0.289. The Morgan fingerprint density at radius 3 is 2.79 bits per heavy atom. The molecule has 2 aromatic carbocycles. The van der Waals surface area contributed by atoms with Gasteiger partial charge in [0.25, 0.3) is 5.69 Å². The molecule has 3 aromatic heterocycles. The van der Waals surface area contributed by atoms with Crippen molar-refractivity contribution < 1.29 is 4.92 Å². The number of hydrogen-bond donors (Lipinski definition) is 1. The molecule has 5 rings (SSSR count). The van der Waals surface area contributed by atoms with Gasteiger partial charge in [0.2, 0.25) is 5.95 Å². The van der Waals surface area contributed by atoms with Crippen molar-refractivity contribution in [3.8, 4) is 11.3 Å². The Balaban J connectivity index is 1.57. The summed E-state index contributed by atoms with van der Waals surface area (Å²) < 4.78 is 3.91. The number of aryl methyl sites for hydroxylation is 1. The number of nitro benzene ring substituents is 1. The summed E-state index contributed by atoms with van der Waals surface area (Å²) in [5.41, 5.74) is 4.14. The summed E-state index contributed by atoms with van der Waals surface area (Å²) >= 11 is 0. The van der Waals surface area contributed by atoms with Crippen molar-refractivity contribution in [2.45, 2.75) is 6.54 Å². The van der Waals surface area contributed by atoms with Crippen LogP contribution in [0.4, 0.5) is 17.3 Å². The Kier molecular flexibility index (Phi) is 5.42. The molecule has 5 aromatic rings. The van der Waals surface area contributed by atoms with E-state index in [0.29, 0.717) is 23.6 Å². The molecule has 0 fully saturated rings. The predicted molar refractivity (Wildman–Crippen MR) is 132 cm³/mol. The second-order valence-electron chi connectivity index (χ2n) is 8.42. The van der Waals surface area contributed by atoms with E-state index in [0.717, 1.165) is 34.2 Å². The standard InChI is InChI=1S/C24H24N8O2/c1-29(2)10-11-31-23-16(14-26-31)12-17(32(33)34)13-21(23)28-24-25-9-8-20(27-24)19-15-30(3)22-7-5-4-6-18(19)22/h4-9,12-15H,10-11H2,1-3H3,(H,25,27,28). The fraction of sp³-hybridized carbons (Fsp3) is 0.208. The minimum absolute atomic E-state index is 0.0210. The van der Waals surface area contributed by atoms with E-state index in [4.69, 9.17) is 4.98 Å². The zero-order chi connectivity index (χ0) is 23.8. The van der Waals surface area contributed by atoms with E-state index in [2.05, 4.69) is 37.0 Å². The number of nitrogens with one attached hydrogen (secondary N) is 1. The van der Waals surface area contributed by atoms with E-state index in [1.807, 2.05) is 50.2 Å². The highest BCUT2D eigenvalue weighted by atomic mass is 16.6. The van der Waals surface area contributed by atoms with Gasteiger partial charge in [-0.15, -0.1) is 0 Å². The van der Waals surface area contributed by atoms with Gasteiger partial charge in [-0.1, -0.05) is 18.2 Å². The molecular weight excluding hydrogens is 432 g/mol. The third-order valence-corrected chi connectivity index (χ3v) is 5.76. The highest BCUT2D eigenvalue weighted by Gasteiger charge is 2.17. The van der Waals surface area contributed by atoms with Crippen molar-refractivity contribution in [3.63, 3.8) is 0 Å². The SMILES string of the molecule is CN(C)CCn1ncc2cc([N+](=O)[O-])cc(Nc3nccc(-c4cn(C)c5ccccc45)n3)c21. The van der Waals surface area contributed by atoms with Crippen molar-refractivity contribution in [1.82, 2.24) is 29.2 Å². The molecule has 0 unspecified atom stereocenters. The highest BCUT2D eigenvalue weighted by Crippen LogP contribution is 2.32. The number of benzene rings is 2. The summed E-state index contributed by atoms with van der Waals surface area (Å²) in [6, 6.07) is 13.0. The first-order chi connectivity index (χ1) is 16.4. The second kappa shape index (κ2) is 8.56. The minimum Gasteiger partial charge on any atom is -0.350 e.